The maximum atomic E-state index is 11.6. The second-order valence-corrected chi connectivity index (χ2v) is 3.71. The summed E-state index contributed by atoms with van der Waals surface area (Å²) in [7, 11) is 1.58. The standard InChI is InChI=1S/C12H13N3O4/c1-8-12(15-19-14-8)13-11(16)7-18-10-5-3-9(17-2)4-6-10/h3-6H,7H2,1-2H3,(H,13,15,16). The summed E-state index contributed by atoms with van der Waals surface area (Å²) in [5, 5.41) is 9.62. The topological polar surface area (TPSA) is 86.5 Å². The van der Waals surface area contributed by atoms with Gasteiger partial charge in [0.15, 0.2) is 12.4 Å². The molecule has 7 nitrogen and oxygen atoms in total. The first-order valence-corrected chi connectivity index (χ1v) is 5.55. The zero-order valence-electron chi connectivity index (χ0n) is 10.5. The number of benzene rings is 1. The number of hydrogen-bond donors (Lipinski definition) is 1. The van der Waals surface area contributed by atoms with Crippen LogP contribution in [0.25, 0.3) is 0 Å². The van der Waals surface area contributed by atoms with Crippen LogP contribution in [0, 0.1) is 6.92 Å². The number of aromatic nitrogens is 2. The fraction of sp³-hybridized carbons (Fsp3) is 0.250. The number of nitrogens with zero attached hydrogens (tertiary/aromatic N) is 2. The van der Waals surface area contributed by atoms with Gasteiger partial charge in [0.05, 0.1) is 7.11 Å². The molecule has 1 aromatic heterocycles. The van der Waals surface area contributed by atoms with Crippen LogP contribution in [0.5, 0.6) is 11.5 Å². The van der Waals surface area contributed by atoms with E-state index >= 15 is 0 Å². The molecule has 0 saturated carbocycles. The van der Waals surface area contributed by atoms with Crippen molar-refractivity contribution in [3.8, 4) is 11.5 Å². The number of rotatable bonds is 5. The van der Waals surface area contributed by atoms with E-state index in [0.29, 0.717) is 17.3 Å². The van der Waals surface area contributed by atoms with Crippen LogP contribution in [0.1, 0.15) is 5.69 Å². The summed E-state index contributed by atoms with van der Waals surface area (Å²) >= 11 is 0. The van der Waals surface area contributed by atoms with Crippen LogP contribution in [0.4, 0.5) is 5.82 Å². The number of nitrogens with one attached hydrogen (secondary N) is 1. The molecule has 0 atom stereocenters. The summed E-state index contributed by atoms with van der Waals surface area (Å²) in [5.74, 6) is 1.25. The van der Waals surface area contributed by atoms with Gasteiger partial charge < -0.3 is 14.8 Å². The summed E-state index contributed by atoms with van der Waals surface area (Å²) < 4.78 is 14.8. The van der Waals surface area contributed by atoms with Crippen molar-refractivity contribution >= 4 is 11.7 Å². The third-order valence-corrected chi connectivity index (χ3v) is 2.34. The van der Waals surface area contributed by atoms with Gasteiger partial charge in [-0.1, -0.05) is 5.16 Å². The Balaban J connectivity index is 1.84. The average molecular weight is 263 g/mol. The molecule has 19 heavy (non-hydrogen) atoms. The maximum Gasteiger partial charge on any atom is 0.263 e. The van der Waals surface area contributed by atoms with E-state index in [1.54, 1.807) is 38.3 Å². The number of amides is 1. The molecule has 0 bridgehead atoms. The third kappa shape index (κ3) is 3.44. The summed E-state index contributed by atoms with van der Waals surface area (Å²) in [6.45, 7) is 1.55. The van der Waals surface area contributed by atoms with Crippen molar-refractivity contribution in [3.05, 3.63) is 30.0 Å². The largest absolute Gasteiger partial charge is 0.497 e. The highest BCUT2D eigenvalue weighted by Gasteiger charge is 2.09. The van der Waals surface area contributed by atoms with Crippen LogP contribution in [-0.4, -0.2) is 29.9 Å². The molecular weight excluding hydrogens is 250 g/mol. The van der Waals surface area contributed by atoms with E-state index < -0.39 is 0 Å². The SMILES string of the molecule is COc1ccc(OCC(=O)Nc2nonc2C)cc1. The van der Waals surface area contributed by atoms with Crippen LogP contribution < -0.4 is 14.8 Å². The van der Waals surface area contributed by atoms with Gasteiger partial charge >= 0.3 is 0 Å². The smallest absolute Gasteiger partial charge is 0.263 e. The van der Waals surface area contributed by atoms with Gasteiger partial charge in [-0.25, -0.2) is 4.63 Å². The molecule has 100 valence electrons. The Morgan fingerprint density at radius 1 is 1.26 bits per heavy atom. The van der Waals surface area contributed by atoms with Crippen molar-refractivity contribution in [2.24, 2.45) is 0 Å². The molecule has 0 radical (unpaired) electrons. The second-order valence-electron chi connectivity index (χ2n) is 3.71. The molecule has 0 fully saturated rings. The lowest BCUT2D eigenvalue weighted by molar-refractivity contribution is -0.118. The van der Waals surface area contributed by atoms with Crippen molar-refractivity contribution in [1.29, 1.82) is 0 Å². The quantitative estimate of drug-likeness (QED) is 0.877. The van der Waals surface area contributed by atoms with Crippen molar-refractivity contribution < 1.29 is 18.9 Å². The molecule has 1 N–H and O–H groups in total. The number of aryl methyl sites for hydroxylation is 1. The zero-order chi connectivity index (χ0) is 13.7. The first-order valence-electron chi connectivity index (χ1n) is 5.55. The fourth-order valence-corrected chi connectivity index (χ4v) is 1.33. The maximum absolute atomic E-state index is 11.6. The molecule has 0 aliphatic rings. The predicted octanol–water partition coefficient (Wildman–Crippen LogP) is 1.40. The molecule has 1 aromatic carbocycles. The van der Waals surface area contributed by atoms with Crippen molar-refractivity contribution in [2.45, 2.75) is 6.92 Å². The van der Waals surface area contributed by atoms with Gasteiger partial charge in [0.1, 0.15) is 17.2 Å². The van der Waals surface area contributed by atoms with Gasteiger partial charge in [-0.15, -0.1) is 0 Å². The molecule has 0 saturated heterocycles. The molecular formula is C12H13N3O4. The Morgan fingerprint density at radius 3 is 2.53 bits per heavy atom. The third-order valence-electron chi connectivity index (χ3n) is 2.34. The van der Waals surface area contributed by atoms with Gasteiger partial charge in [0.25, 0.3) is 5.91 Å². The highest BCUT2D eigenvalue weighted by Crippen LogP contribution is 2.17. The first kappa shape index (κ1) is 12.9. The molecule has 0 unspecified atom stereocenters. The van der Waals surface area contributed by atoms with E-state index in [4.69, 9.17) is 9.47 Å². The summed E-state index contributed by atoms with van der Waals surface area (Å²) in [6, 6.07) is 6.93. The minimum atomic E-state index is -0.338. The number of methoxy groups -OCH3 is 1. The van der Waals surface area contributed by atoms with Crippen LogP contribution in [-0.2, 0) is 4.79 Å². The van der Waals surface area contributed by atoms with E-state index in [0.717, 1.165) is 5.75 Å². The zero-order valence-corrected chi connectivity index (χ0v) is 10.5. The summed E-state index contributed by atoms with van der Waals surface area (Å²) in [6.07, 6.45) is 0. The molecule has 0 aliphatic heterocycles. The van der Waals surface area contributed by atoms with Crippen LogP contribution in [0.3, 0.4) is 0 Å². The molecule has 0 spiro atoms. The van der Waals surface area contributed by atoms with E-state index in [1.807, 2.05) is 0 Å². The molecule has 1 heterocycles. The van der Waals surface area contributed by atoms with Crippen molar-refractivity contribution in [2.75, 3.05) is 19.0 Å². The van der Waals surface area contributed by atoms with Crippen LogP contribution in [0.2, 0.25) is 0 Å². The lowest BCUT2D eigenvalue weighted by Crippen LogP contribution is -2.20. The number of ether oxygens (including phenoxy) is 2. The number of hydrogen-bond acceptors (Lipinski definition) is 6. The van der Waals surface area contributed by atoms with E-state index in [1.165, 1.54) is 0 Å². The second kappa shape index (κ2) is 5.85. The summed E-state index contributed by atoms with van der Waals surface area (Å²) in [4.78, 5) is 11.6. The molecule has 2 aromatic rings. The lowest BCUT2D eigenvalue weighted by atomic mass is 10.3. The first-order chi connectivity index (χ1) is 9.19. The monoisotopic (exact) mass is 263 g/mol. The fourth-order valence-electron chi connectivity index (χ4n) is 1.33. The number of carbonyl (C=O) groups excluding carboxylic acids is 1. The van der Waals surface area contributed by atoms with Crippen molar-refractivity contribution in [3.63, 3.8) is 0 Å². The van der Waals surface area contributed by atoms with Crippen LogP contribution >= 0.6 is 0 Å². The highest BCUT2D eigenvalue weighted by molar-refractivity contribution is 5.91. The van der Waals surface area contributed by atoms with Crippen LogP contribution in [0.15, 0.2) is 28.9 Å². The average Bonchev–Trinajstić information content (AvgIpc) is 2.82. The van der Waals surface area contributed by atoms with E-state index in [2.05, 4.69) is 20.3 Å². The lowest BCUT2D eigenvalue weighted by Gasteiger charge is -2.06. The molecule has 0 aliphatic carbocycles. The predicted molar refractivity (Wildman–Crippen MR) is 66.2 cm³/mol. The Kier molecular flexibility index (Phi) is 3.97. The van der Waals surface area contributed by atoms with E-state index in [-0.39, 0.29) is 12.5 Å². The number of carbonyl (C=O) groups is 1. The Labute approximate surface area is 109 Å². The van der Waals surface area contributed by atoms with Gasteiger partial charge in [0.2, 0.25) is 0 Å². The van der Waals surface area contributed by atoms with Gasteiger partial charge in [-0.3, -0.25) is 4.79 Å². The normalized spacial score (nSPS) is 10.0. The Bertz CT molecular complexity index is 550. The molecule has 7 heteroatoms. The highest BCUT2D eigenvalue weighted by atomic mass is 16.6. The minimum absolute atomic E-state index is 0.126. The Hall–Kier alpha value is -2.57. The van der Waals surface area contributed by atoms with Gasteiger partial charge in [-0.2, -0.15) is 0 Å². The van der Waals surface area contributed by atoms with Crippen molar-refractivity contribution in [1.82, 2.24) is 10.3 Å². The van der Waals surface area contributed by atoms with E-state index in [9.17, 15) is 4.79 Å². The molecule has 1 amide bonds. The van der Waals surface area contributed by atoms with Gasteiger partial charge in [0, 0.05) is 0 Å². The number of anilines is 1. The summed E-state index contributed by atoms with van der Waals surface area (Å²) in [5.41, 5.74) is 0.512. The molecule has 2 rings (SSSR count). The minimum Gasteiger partial charge on any atom is -0.497 e. The Morgan fingerprint density at radius 2 is 1.95 bits per heavy atom. The van der Waals surface area contributed by atoms with Gasteiger partial charge in [-0.05, 0) is 36.3 Å².